The van der Waals surface area contributed by atoms with Gasteiger partial charge in [0.15, 0.2) is 0 Å². The Kier molecular flexibility index (Phi) is 3.54. The molecule has 2 aromatic carbocycles. The number of nitrogens with one attached hydrogen (secondary N) is 1. The van der Waals surface area contributed by atoms with Crippen LogP contribution in [0.1, 0.15) is 11.1 Å². The molecule has 0 fully saturated rings. The summed E-state index contributed by atoms with van der Waals surface area (Å²) in [5.74, 6) is 0. The SMILES string of the molecule is Cc1ccc(N)cc1Nc1ccc(C#N)cc1Br. The molecule has 0 heterocycles. The molecule has 18 heavy (non-hydrogen) atoms. The Morgan fingerprint density at radius 3 is 2.61 bits per heavy atom. The largest absolute Gasteiger partial charge is 0.399 e. The Morgan fingerprint density at radius 1 is 1.17 bits per heavy atom. The fraction of sp³-hybridized carbons (Fsp3) is 0.0714. The van der Waals surface area contributed by atoms with Gasteiger partial charge in [0, 0.05) is 15.8 Å². The number of nitrogens with two attached hydrogens (primary N) is 1. The van der Waals surface area contributed by atoms with E-state index in [1.807, 2.05) is 31.2 Å². The van der Waals surface area contributed by atoms with E-state index in [4.69, 9.17) is 11.0 Å². The van der Waals surface area contributed by atoms with E-state index in [1.54, 1.807) is 12.1 Å². The second-order valence-corrected chi connectivity index (χ2v) is 4.86. The average Bonchev–Trinajstić information content (AvgIpc) is 2.36. The maximum atomic E-state index is 8.82. The summed E-state index contributed by atoms with van der Waals surface area (Å²) in [6.45, 7) is 2.01. The summed E-state index contributed by atoms with van der Waals surface area (Å²) in [4.78, 5) is 0. The number of nitrogens with zero attached hydrogens (tertiary/aromatic N) is 1. The maximum Gasteiger partial charge on any atom is 0.0992 e. The number of anilines is 3. The van der Waals surface area contributed by atoms with Crippen molar-refractivity contribution in [3.05, 3.63) is 52.0 Å². The Labute approximate surface area is 114 Å². The van der Waals surface area contributed by atoms with Crippen molar-refractivity contribution in [2.24, 2.45) is 0 Å². The van der Waals surface area contributed by atoms with Crippen LogP contribution in [0.25, 0.3) is 0 Å². The zero-order chi connectivity index (χ0) is 13.1. The number of rotatable bonds is 2. The lowest BCUT2D eigenvalue weighted by molar-refractivity contribution is 1.41. The first-order valence-corrected chi connectivity index (χ1v) is 6.22. The fourth-order valence-corrected chi connectivity index (χ4v) is 2.08. The Hall–Kier alpha value is -1.99. The molecule has 90 valence electrons. The number of nitrogen functional groups attached to an aromatic ring is 1. The van der Waals surface area contributed by atoms with Crippen molar-refractivity contribution in [3.63, 3.8) is 0 Å². The number of halogens is 1. The lowest BCUT2D eigenvalue weighted by atomic mass is 10.1. The van der Waals surface area contributed by atoms with E-state index in [0.717, 1.165) is 21.4 Å². The van der Waals surface area contributed by atoms with Gasteiger partial charge in [-0.05, 0) is 58.7 Å². The molecule has 0 saturated heterocycles. The normalized spacial score (nSPS) is 9.83. The van der Waals surface area contributed by atoms with Crippen molar-refractivity contribution >= 4 is 33.0 Å². The van der Waals surface area contributed by atoms with Gasteiger partial charge >= 0.3 is 0 Å². The molecule has 0 aliphatic heterocycles. The van der Waals surface area contributed by atoms with Crippen molar-refractivity contribution in [2.75, 3.05) is 11.1 Å². The molecule has 0 bridgehead atoms. The molecule has 3 nitrogen and oxygen atoms in total. The van der Waals surface area contributed by atoms with Crippen LogP contribution in [0.2, 0.25) is 0 Å². The Morgan fingerprint density at radius 2 is 1.94 bits per heavy atom. The number of hydrogen-bond acceptors (Lipinski definition) is 3. The van der Waals surface area contributed by atoms with Crippen LogP contribution in [0, 0.1) is 18.3 Å². The van der Waals surface area contributed by atoms with Crippen LogP contribution in [-0.4, -0.2) is 0 Å². The number of hydrogen-bond donors (Lipinski definition) is 2. The van der Waals surface area contributed by atoms with Crippen molar-refractivity contribution in [1.82, 2.24) is 0 Å². The lowest BCUT2D eigenvalue weighted by Crippen LogP contribution is -1.96. The summed E-state index contributed by atoms with van der Waals surface area (Å²) in [5.41, 5.74) is 10.1. The van der Waals surface area contributed by atoms with Gasteiger partial charge in [-0.25, -0.2) is 0 Å². The van der Waals surface area contributed by atoms with E-state index >= 15 is 0 Å². The van der Waals surface area contributed by atoms with E-state index in [9.17, 15) is 0 Å². The lowest BCUT2D eigenvalue weighted by Gasteiger charge is -2.12. The molecular formula is C14H12BrN3. The third kappa shape index (κ3) is 2.63. The van der Waals surface area contributed by atoms with Crippen LogP contribution in [0.3, 0.4) is 0 Å². The third-order valence-electron chi connectivity index (χ3n) is 2.63. The van der Waals surface area contributed by atoms with Gasteiger partial charge in [-0.15, -0.1) is 0 Å². The first-order valence-electron chi connectivity index (χ1n) is 5.43. The molecule has 4 heteroatoms. The molecule has 0 unspecified atom stereocenters. The number of nitriles is 1. The molecule has 0 atom stereocenters. The van der Waals surface area contributed by atoms with Gasteiger partial charge in [0.25, 0.3) is 0 Å². The van der Waals surface area contributed by atoms with Gasteiger partial charge in [0.1, 0.15) is 0 Å². The van der Waals surface area contributed by atoms with E-state index in [1.165, 1.54) is 0 Å². The summed E-state index contributed by atoms with van der Waals surface area (Å²) in [7, 11) is 0. The average molecular weight is 302 g/mol. The molecule has 2 rings (SSSR count). The molecular weight excluding hydrogens is 290 g/mol. The monoisotopic (exact) mass is 301 g/mol. The second kappa shape index (κ2) is 5.11. The van der Waals surface area contributed by atoms with Crippen LogP contribution in [0.15, 0.2) is 40.9 Å². The van der Waals surface area contributed by atoms with Crippen LogP contribution in [0.4, 0.5) is 17.1 Å². The topological polar surface area (TPSA) is 61.8 Å². The van der Waals surface area contributed by atoms with Gasteiger partial charge in [0.05, 0.1) is 17.3 Å². The minimum atomic E-state index is 0.622. The molecule has 0 aromatic heterocycles. The van der Waals surface area contributed by atoms with Gasteiger partial charge in [0.2, 0.25) is 0 Å². The van der Waals surface area contributed by atoms with Crippen LogP contribution in [0.5, 0.6) is 0 Å². The first kappa shape index (κ1) is 12.5. The maximum absolute atomic E-state index is 8.82. The highest BCUT2D eigenvalue weighted by Crippen LogP contribution is 2.29. The summed E-state index contributed by atoms with van der Waals surface area (Å²) in [6, 6.07) is 13.2. The molecule has 2 aromatic rings. The third-order valence-corrected chi connectivity index (χ3v) is 3.29. The van der Waals surface area contributed by atoms with Gasteiger partial charge in [-0.1, -0.05) is 6.07 Å². The zero-order valence-corrected chi connectivity index (χ0v) is 11.5. The highest BCUT2D eigenvalue weighted by molar-refractivity contribution is 9.10. The predicted molar refractivity (Wildman–Crippen MR) is 77.7 cm³/mol. The molecule has 0 radical (unpaired) electrons. The number of benzene rings is 2. The molecule has 0 aliphatic carbocycles. The summed E-state index contributed by atoms with van der Waals surface area (Å²) < 4.78 is 0.850. The summed E-state index contributed by atoms with van der Waals surface area (Å²) in [6.07, 6.45) is 0. The second-order valence-electron chi connectivity index (χ2n) is 4.01. The van der Waals surface area contributed by atoms with E-state index in [-0.39, 0.29) is 0 Å². The Balaban J connectivity index is 2.34. The molecule has 0 amide bonds. The van der Waals surface area contributed by atoms with E-state index in [2.05, 4.69) is 27.3 Å². The van der Waals surface area contributed by atoms with Crippen molar-refractivity contribution in [2.45, 2.75) is 6.92 Å². The van der Waals surface area contributed by atoms with Crippen LogP contribution >= 0.6 is 15.9 Å². The van der Waals surface area contributed by atoms with Crippen molar-refractivity contribution in [3.8, 4) is 6.07 Å². The van der Waals surface area contributed by atoms with Gasteiger partial charge in [-0.3, -0.25) is 0 Å². The van der Waals surface area contributed by atoms with Crippen molar-refractivity contribution in [1.29, 1.82) is 5.26 Å². The van der Waals surface area contributed by atoms with Crippen molar-refractivity contribution < 1.29 is 0 Å². The molecule has 0 spiro atoms. The first-order chi connectivity index (χ1) is 8.60. The summed E-state index contributed by atoms with van der Waals surface area (Å²) >= 11 is 3.44. The quantitative estimate of drug-likeness (QED) is 0.826. The van der Waals surface area contributed by atoms with Gasteiger partial charge in [-0.2, -0.15) is 5.26 Å². The number of aryl methyl sites for hydroxylation is 1. The minimum absolute atomic E-state index is 0.622. The molecule has 3 N–H and O–H groups in total. The highest BCUT2D eigenvalue weighted by Gasteiger charge is 2.04. The van der Waals surface area contributed by atoms with Gasteiger partial charge < -0.3 is 11.1 Å². The zero-order valence-electron chi connectivity index (χ0n) is 9.87. The highest BCUT2D eigenvalue weighted by atomic mass is 79.9. The minimum Gasteiger partial charge on any atom is -0.399 e. The summed E-state index contributed by atoms with van der Waals surface area (Å²) in [5, 5.41) is 12.1. The van der Waals surface area contributed by atoms with Crippen LogP contribution in [-0.2, 0) is 0 Å². The fourth-order valence-electron chi connectivity index (χ4n) is 1.61. The predicted octanol–water partition coefficient (Wildman–Crippen LogP) is 3.96. The van der Waals surface area contributed by atoms with E-state index in [0.29, 0.717) is 11.3 Å². The standard InChI is InChI=1S/C14H12BrN3/c1-9-2-4-11(17)7-14(9)18-13-5-3-10(8-16)6-12(13)15/h2-7,18H,17H2,1H3. The molecule has 0 aliphatic rings. The van der Waals surface area contributed by atoms with Crippen LogP contribution < -0.4 is 11.1 Å². The smallest absolute Gasteiger partial charge is 0.0992 e. The molecule has 0 saturated carbocycles. The Bertz CT molecular complexity index is 629. The van der Waals surface area contributed by atoms with E-state index < -0.39 is 0 Å².